The van der Waals surface area contributed by atoms with Crippen molar-refractivity contribution in [2.75, 3.05) is 0 Å². The Morgan fingerprint density at radius 1 is 1.07 bits per heavy atom. The van der Waals surface area contributed by atoms with Gasteiger partial charge in [-0.3, -0.25) is 0 Å². The van der Waals surface area contributed by atoms with Crippen LogP contribution in [0, 0.1) is 6.08 Å². The normalized spacial score (nSPS) is 11.1. The van der Waals surface area contributed by atoms with Gasteiger partial charge < -0.3 is 0 Å². The summed E-state index contributed by atoms with van der Waals surface area (Å²) in [5.41, 5.74) is 2.63. The second-order valence-corrected chi connectivity index (χ2v) is 3.94. The Hall–Kier alpha value is -1.04. The highest BCUT2D eigenvalue weighted by atomic mass is 14.0. The standard InChI is InChI=1S/C15H21/c1-3-5-6-7-9-15-12-10-14(8-4-2)11-13-15/h7,10-13H,3-6,8H2,1-2H3. The largest absolute Gasteiger partial charge is 0.0760 e. The molecular formula is C15H21. The van der Waals surface area contributed by atoms with Crippen LogP contribution in [0.25, 0.3) is 0 Å². The third-order valence-electron chi connectivity index (χ3n) is 2.46. The summed E-state index contributed by atoms with van der Waals surface area (Å²) in [6.07, 6.45) is 11.5. The molecule has 1 aromatic rings. The summed E-state index contributed by atoms with van der Waals surface area (Å²) in [5, 5.41) is 0. The lowest BCUT2D eigenvalue weighted by Gasteiger charge is -1.98. The Morgan fingerprint density at radius 2 is 1.80 bits per heavy atom. The van der Waals surface area contributed by atoms with E-state index < -0.39 is 0 Å². The Labute approximate surface area is 94.0 Å². The summed E-state index contributed by atoms with van der Waals surface area (Å²) in [5.74, 6) is 0. The fourth-order valence-electron chi connectivity index (χ4n) is 1.55. The summed E-state index contributed by atoms with van der Waals surface area (Å²) >= 11 is 0. The van der Waals surface area contributed by atoms with Gasteiger partial charge in [-0.25, -0.2) is 0 Å². The molecule has 0 bridgehead atoms. The number of unbranched alkanes of at least 4 members (excludes halogenated alkanes) is 2. The van der Waals surface area contributed by atoms with E-state index in [2.05, 4.69) is 50.3 Å². The Bertz CT molecular complexity index is 279. The predicted octanol–water partition coefficient (Wildman–Crippen LogP) is 4.54. The van der Waals surface area contributed by atoms with E-state index in [-0.39, 0.29) is 0 Å². The highest BCUT2D eigenvalue weighted by Gasteiger charge is 1.90. The van der Waals surface area contributed by atoms with Crippen molar-refractivity contribution in [3.63, 3.8) is 0 Å². The number of hydrogen-bond donors (Lipinski definition) is 0. The van der Waals surface area contributed by atoms with Crippen molar-refractivity contribution in [3.05, 3.63) is 47.5 Å². The molecule has 1 rings (SSSR count). The minimum absolute atomic E-state index is 1.15. The van der Waals surface area contributed by atoms with Crippen LogP contribution in [-0.2, 0) is 6.42 Å². The summed E-state index contributed by atoms with van der Waals surface area (Å²) < 4.78 is 0. The van der Waals surface area contributed by atoms with E-state index in [0.29, 0.717) is 0 Å². The minimum Gasteiger partial charge on any atom is -0.0760 e. The molecule has 15 heavy (non-hydrogen) atoms. The van der Waals surface area contributed by atoms with Crippen molar-refractivity contribution in [3.8, 4) is 0 Å². The van der Waals surface area contributed by atoms with Crippen LogP contribution in [0.1, 0.15) is 50.7 Å². The molecule has 0 unspecified atom stereocenters. The third kappa shape index (κ3) is 4.83. The van der Waals surface area contributed by atoms with Crippen molar-refractivity contribution in [1.82, 2.24) is 0 Å². The lowest BCUT2D eigenvalue weighted by molar-refractivity contribution is 0.813. The zero-order valence-corrected chi connectivity index (χ0v) is 9.92. The molecule has 0 aliphatic carbocycles. The van der Waals surface area contributed by atoms with Gasteiger partial charge in [-0.15, -0.1) is 0 Å². The van der Waals surface area contributed by atoms with Gasteiger partial charge in [0, 0.05) is 0 Å². The van der Waals surface area contributed by atoms with Crippen LogP contribution in [0.4, 0.5) is 0 Å². The van der Waals surface area contributed by atoms with Crippen LogP contribution in [0.3, 0.4) is 0 Å². The number of hydrogen-bond acceptors (Lipinski definition) is 0. The molecule has 81 valence electrons. The van der Waals surface area contributed by atoms with Gasteiger partial charge in [-0.1, -0.05) is 63.5 Å². The topological polar surface area (TPSA) is 0 Å². The van der Waals surface area contributed by atoms with Crippen molar-refractivity contribution in [2.24, 2.45) is 0 Å². The second kappa shape index (κ2) is 7.28. The van der Waals surface area contributed by atoms with Crippen LogP contribution in [0.5, 0.6) is 0 Å². The molecule has 0 saturated carbocycles. The summed E-state index contributed by atoms with van der Waals surface area (Å²) in [6, 6.07) is 8.74. The van der Waals surface area contributed by atoms with Crippen LogP contribution in [-0.4, -0.2) is 0 Å². The van der Waals surface area contributed by atoms with Crippen LogP contribution in [0.2, 0.25) is 0 Å². The summed E-state index contributed by atoms with van der Waals surface area (Å²) in [7, 11) is 0. The van der Waals surface area contributed by atoms with Gasteiger partial charge in [-0.2, -0.15) is 0 Å². The van der Waals surface area contributed by atoms with E-state index in [1.54, 1.807) is 0 Å². The lowest BCUT2D eigenvalue weighted by atomic mass is 10.1. The van der Waals surface area contributed by atoms with Crippen LogP contribution in [0.15, 0.2) is 30.3 Å². The van der Waals surface area contributed by atoms with Gasteiger partial charge >= 0.3 is 0 Å². The SMILES string of the molecule is CCCC/C=[C]\c1ccc(CCC)cc1. The van der Waals surface area contributed by atoms with Crippen LogP contribution < -0.4 is 0 Å². The fraction of sp³-hybridized carbons (Fsp3) is 0.467. The van der Waals surface area contributed by atoms with E-state index in [4.69, 9.17) is 0 Å². The smallest absolute Gasteiger partial charge is 0.0149 e. The molecule has 0 aliphatic rings. The van der Waals surface area contributed by atoms with Crippen molar-refractivity contribution in [1.29, 1.82) is 0 Å². The van der Waals surface area contributed by atoms with E-state index >= 15 is 0 Å². The number of allylic oxidation sites excluding steroid dienone is 1. The highest BCUT2D eigenvalue weighted by Crippen LogP contribution is 2.07. The van der Waals surface area contributed by atoms with E-state index in [0.717, 1.165) is 6.42 Å². The van der Waals surface area contributed by atoms with Gasteiger partial charge in [0.15, 0.2) is 0 Å². The maximum atomic E-state index is 3.32. The summed E-state index contributed by atoms with van der Waals surface area (Å²) in [4.78, 5) is 0. The quantitative estimate of drug-likeness (QED) is 0.593. The molecule has 0 heteroatoms. The van der Waals surface area contributed by atoms with Gasteiger partial charge in [0.25, 0.3) is 0 Å². The monoisotopic (exact) mass is 201 g/mol. The molecular weight excluding hydrogens is 180 g/mol. The number of benzene rings is 1. The molecule has 0 aromatic heterocycles. The fourth-order valence-corrected chi connectivity index (χ4v) is 1.55. The lowest BCUT2D eigenvalue weighted by Crippen LogP contribution is -1.82. The maximum absolute atomic E-state index is 3.32. The highest BCUT2D eigenvalue weighted by molar-refractivity contribution is 5.27. The molecule has 0 heterocycles. The average molecular weight is 201 g/mol. The molecule has 0 amide bonds. The first-order valence-corrected chi connectivity index (χ1v) is 6.04. The Morgan fingerprint density at radius 3 is 2.40 bits per heavy atom. The molecule has 0 atom stereocenters. The zero-order valence-electron chi connectivity index (χ0n) is 9.92. The van der Waals surface area contributed by atoms with E-state index in [9.17, 15) is 0 Å². The number of aryl methyl sites for hydroxylation is 1. The molecule has 0 nitrogen and oxygen atoms in total. The molecule has 1 radical (unpaired) electrons. The second-order valence-electron chi connectivity index (χ2n) is 3.94. The number of rotatable bonds is 6. The van der Waals surface area contributed by atoms with Crippen molar-refractivity contribution in [2.45, 2.75) is 46.0 Å². The maximum Gasteiger partial charge on any atom is -0.0149 e. The minimum atomic E-state index is 1.15. The van der Waals surface area contributed by atoms with Gasteiger partial charge in [0.2, 0.25) is 0 Å². The van der Waals surface area contributed by atoms with Crippen molar-refractivity contribution < 1.29 is 0 Å². The van der Waals surface area contributed by atoms with Gasteiger partial charge in [0.05, 0.1) is 0 Å². The van der Waals surface area contributed by atoms with Crippen LogP contribution >= 0.6 is 0 Å². The Kier molecular flexibility index (Phi) is 5.84. The summed E-state index contributed by atoms with van der Waals surface area (Å²) in [6.45, 7) is 4.43. The molecule has 0 spiro atoms. The Balaban J connectivity index is 2.45. The van der Waals surface area contributed by atoms with Gasteiger partial charge in [0.1, 0.15) is 0 Å². The van der Waals surface area contributed by atoms with E-state index in [1.165, 1.54) is 36.8 Å². The molecule has 0 saturated heterocycles. The first-order chi connectivity index (χ1) is 7.36. The molecule has 0 N–H and O–H groups in total. The van der Waals surface area contributed by atoms with E-state index in [1.807, 2.05) is 0 Å². The molecule has 1 aromatic carbocycles. The first kappa shape index (κ1) is 12.0. The third-order valence-corrected chi connectivity index (χ3v) is 2.46. The first-order valence-electron chi connectivity index (χ1n) is 6.04. The average Bonchev–Trinajstić information content (AvgIpc) is 2.27. The van der Waals surface area contributed by atoms with Gasteiger partial charge in [-0.05, 0) is 30.0 Å². The molecule has 0 fully saturated rings. The molecule has 0 aliphatic heterocycles. The predicted molar refractivity (Wildman–Crippen MR) is 66.9 cm³/mol. The van der Waals surface area contributed by atoms with Crippen molar-refractivity contribution >= 4 is 0 Å². The zero-order chi connectivity index (χ0) is 10.9.